The number of nitrogens with zero attached hydrogens (tertiary/aromatic N) is 2. The van der Waals surface area contributed by atoms with Crippen LogP contribution in [0, 0.1) is 6.92 Å². The highest BCUT2D eigenvalue weighted by atomic mass is 35.5. The Kier molecular flexibility index (Phi) is 2.91. The number of piperidine rings is 1. The van der Waals surface area contributed by atoms with Gasteiger partial charge in [0.1, 0.15) is 4.90 Å². The first-order chi connectivity index (χ1) is 8.50. The summed E-state index contributed by atoms with van der Waals surface area (Å²) >= 11 is 6.18. The molecular formula is C11H16ClN3O2S. The summed E-state index contributed by atoms with van der Waals surface area (Å²) in [5, 5.41) is 6.61. The largest absolute Gasteiger partial charge is 0.281 e. The molecule has 2 atom stereocenters. The molecule has 0 spiro atoms. The quantitative estimate of drug-likeness (QED) is 0.842. The topological polar surface area (TPSA) is 66.1 Å². The molecule has 3 rings (SSSR count). The highest BCUT2D eigenvalue weighted by molar-refractivity contribution is 7.89. The summed E-state index contributed by atoms with van der Waals surface area (Å²) in [4.78, 5) is 0.299. The summed E-state index contributed by atoms with van der Waals surface area (Å²) in [6, 6.07) is 0.121. The number of aromatic amines is 1. The van der Waals surface area contributed by atoms with Crippen molar-refractivity contribution in [2.24, 2.45) is 0 Å². The van der Waals surface area contributed by atoms with Crippen LogP contribution in [0.1, 0.15) is 31.4 Å². The zero-order chi connectivity index (χ0) is 12.9. The van der Waals surface area contributed by atoms with Gasteiger partial charge < -0.3 is 0 Å². The van der Waals surface area contributed by atoms with Gasteiger partial charge in [0.25, 0.3) is 0 Å². The highest BCUT2D eigenvalue weighted by Crippen LogP contribution is 2.41. The smallest absolute Gasteiger partial charge is 0.246 e. The number of aromatic nitrogens is 2. The molecule has 0 amide bonds. The zero-order valence-electron chi connectivity index (χ0n) is 10.1. The molecule has 5 nitrogen and oxygen atoms in total. The van der Waals surface area contributed by atoms with E-state index in [-0.39, 0.29) is 17.5 Å². The van der Waals surface area contributed by atoms with E-state index in [1.807, 2.05) is 0 Å². The molecule has 1 aromatic heterocycles. The third-order valence-corrected chi connectivity index (χ3v) is 6.42. The predicted molar refractivity (Wildman–Crippen MR) is 68.0 cm³/mol. The summed E-state index contributed by atoms with van der Waals surface area (Å²) in [5.41, 5.74) is 0.599. The van der Waals surface area contributed by atoms with E-state index < -0.39 is 10.0 Å². The lowest BCUT2D eigenvalue weighted by Crippen LogP contribution is -2.46. The van der Waals surface area contributed by atoms with Crippen LogP contribution in [0.15, 0.2) is 11.1 Å². The summed E-state index contributed by atoms with van der Waals surface area (Å²) in [6.45, 7) is 1.73. The molecule has 2 saturated heterocycles. The molecule has 2 bridgehead atoms. The average Bonchev–Trinajstić information content (AvgIpc) is 2.82. The first kappa shape index (κ1) is 12.4. The number of fused-ring (bicyclic) bond motifs is 2. The van der Waals surface area contributed by atoms with Gasteiger partial charge in [-0.25, -0.2) is 8.42 Å². The molecule has 1 N–H and O–H groups in total. The van der Waals surface area contributed by atoms with Crippen molar-refractivity contribution in [2.75, 3.05) is 0 Å². The van der Waals surface area contributed by atoms with E-state index in [0.717, 1.165) is 25.7 Å². The molecular weight excluding hydrogens is 274 g/mol. The zero-order valence-corrected chi connectivity index (χ0v) is 11.7. The molecule has 0 radical (unpaired) electrons. The van der Waals surface area contributed by atoms with Crippen LogP contribution in [0.5, 0.6) is 0 Å². The maximum Gasteiger partial charge on any atom is 0.246 e. The van der Waals surface area contributed by atoms with Crippen molar-refractivity contribution in [3.8, 4) is 0 Å². The van der Waals surface area contributed by atoms with Gasteiger partial charge in [0, 0.05) is 17.5 Å². The van der Waals surface area contributed by atoms with Gasteiger partial charge in [-0.05, 0) is 32.6 Å². The van der Waals surface area contributed by atoms with Crippen LogP contribution in [0.25, 0.3) is 0 Å². The van der Waals surface area contributed by atoms with Crippen molar-refractivity contribution in [3.63, 3.8) is 0 Å². The standard InChI is InChI=1S/C11H16ClN3O2S/c1-7-11(6-13-14-7)18(16,17)15-9-2-3-10(15)5-8(12)4-9/h6,8-10H,2-5H2,1H3,(H,13,14). The van der Waals surface area contributed by atoms with Gasteiger partial charge in [0.15, 0.2) is 0 Å². The molecule has 3 heterocycles. The van der Waals surface area contributed by atoms with Gasteiger partial charge in [0.2, 0.25) is 10.0 Å². The Morgan fingerprint density at radius 3 is 2.50 bits per heavy atom. The van der Waals surface area contributed by atoms with Gasteiger partial charge >= 0.3 is 0 Å². The summed E-state index contributed by atoms with van der Waals surface area (Å²) in [5.74, 6) is 0. The second kappa shape index (κ2) is 4.21. The highest BCUT2D eigenvalue weighted by Gasteiger charge is 2.47. The van der Waals surface area contributed by atoms with Crippen molar-refractivity contribution in [1.29, 1.82) is 0 Å². The van der Waals surface area contributed by atoms with Crippen molar-refractivity contribution >= 4 is 21.6 Å². The summed E-state index contributed by atoms with van der Waals surface area (Å²) in [6.07, 6.45) is 4.76. The van der Waals surface area contributed by atoms with Crippen LogP contribution in [-0.4, -0.2) is 40.4 Å². The minimum atomic E-state index is -3.43. The van der Waals surface area contributed by atoms with Gasteiger partial charge in [-0.1, -0.05) is 0 Å². The number of rotatable bonds is 2. The van der Waals surface area contributed by atoms with E-state index in [4.69, 9.17) is 11.6 Å². The first-order valence-corrected chi connectivity index (χ1v) is 8.05. The molecule has 2 aliphatic heterocycles. The van der Waals surface area contributed by atoms with Gasteiger partial charge in [-0.15, -0.1) is 11.6 Å². The normalized spacial score (nSPS) is 32.9. The van der Waals surface area contributed by atoms with Gasteiger partial charge in [-0.3, -0.25) is 5.10 Å². The molecule has 0 aromatic carbocycles. The minimum absolute atomic E-state index is 0.0607. The number of alkyl halides is 1. The van der Waals surface area contributed by atoms with Crippen molar-refractivity contribution in [1.82, 2.24) is 14.5 Å². The minimum Gasteiger partial charge on any atom is -0.281 e. The number of aryl methyl sites for hydroxylation is 1. The summed E-state index contributed by atoms with van der Waals surface area (Å²) in [7, 11) is -3.43. The Morgan fingerprint density at radius 2 is 2.00 bits per heavy atom. The molecule has 2 unspecified atom stereocenters. The predicted octanol–water partition coefficient (Wildman–Crippen LogP) is 1.64. The lowest BCUT2D eigenvalue weighted by molar-refractivity contribution is 0.251. The Balaban J connectivity index is 1.99. The second-order valence-corrected chi connectivity index (χ2v) is 7.58. The van der Waals surface area contributed by atoms with E-state index in [2.05, 4.69) is 10.2 Å². The maximum absolute atomic E-state index is 12.7. The number of halogens is 1. The molecule has 18 heavy (non-hydrogen) atoms. The van der Waals surface area contributed by atoms with E-state index >= 15 is 0 Å². The summed E-state index contributed by atoms with van der Waals surface area (Å²) < 4.78 is 27.0. The fourth-order valence-corrected chi connectivity index (χ4v) is 5.60. The van der Waals surface area contributed by atoms with Crippen LogP contribution < -0.4 is 0 Å². The molecule has 0 saturated carbocycles. The Bertz CT molecular complexity index is 542. The third-order valence-electron chi connectivity index (χ3n) is 3.95. The SMILES string of the molecule is Cc1[nH]ncc1S(=O)(=O)N1C2CCC1CC(Cl)C2. The Hall–Kier alpha value is -0.590. The van der Waals surface area contributed by atoms with Crippen molar-refractivity contribution in [3.05, 3.63) is 11.9 Å². The van der Waals surface area contributed by atoms with Crippen molar-refractivity contribution in [2.45, 2.75) is 55.0 Å². The third kappa shape index (κ3) is 1.78. The lowest BCUT2D eigenvalue weighted by Gasteiger charge is -2.35. The molecule has 100 valence electrons. The molecule has 7 heteroatoms. The number of hydrogen-bond donors (Lipinski definition) is 1. The van der Waals surface area contributed by atoms with Crippen LogP contribution in [0.3, 0.4) is 0 Å². The molecule has 2 fully saturated rings. The lowest BCUT2D eigenvalue weighted by atomic mass is 10.1. The van der Waals surface area contributed by atoms with Gasteiger partial charge in [0.05, 0.1) is 11.9 Å². The Morgan fingerprint density at radius 1 is 1.39 bits per heavy atom. The van der Waals surface area contributed by atoms with E-state index in [9.17, 15) is 8.42 Å². The number of H-pyrrole nitrogens is 1. The average molecular weight is 290 g/mol. The van der Waals surface area contributed by atoms with Crippen LogP contribution in [-0.2, 0) is 10.0 Å². The Labute approximate surface area is 112 Å². The first-order valence-electron chi connectivity index (χ1n) is 6.17. The fraction of sp³-hybridized carbons (Fsp3) is 0.727. The monoisotopic (exact) mass is 289 g/mol. The van der Waals surface area contributed by atoms with Crippen LogP contribution >= 0.6 is 11.6 Å². The maximum atomic E-state index is 12.7. The molecule has 1 aromatic rings. The second-order valence-electron chi connectivity index (χ2n) is 5.15. The number of hydrogen-bond acceptors (Lipinski definition) is 3. The molecule has 0 aliphatic carbocycles. The van der Waals surface area contributed by atoms with Crippen LogP contribution in [0.2, 0.25) is 0 Å². The van der Waals surface area contributed by atoms with Crippen LogP contribution in [0.4, 0.5) is 0 Å². The van der Waals surface area contributed by atoms with Crippen molar-refractivity contribution < 1.29 is 8.42 Å². The van der Waals surface area contributed by atoms with Gasteiger partial charge in [-0.2, -0.15) is 9.40 Å². The van der Waals surface area contributed by atoms with E-state index in [0.29, 0.717) is 10.6 Å². The fourth-order valence-electron chi connectivity index (χ4n) is 3.17. The van der Waals surface area contributed by atoms with E-state index in [1.165, 1.54) is 6.20 Å². The molecule has 2 aliphatic rings. The van der Waals surface area contributed by atoms with E-state index in [1.54, 1.807) is 11.2 Å². The number of sulfonamides is 1. The number of nitrogens with one attached hydrogen (secondary N) is 1.